The Kier molecular flexibility index (Phi) is 13.1. The Balaban J connectivity index is 1.74. The van der Waals surface area contributed by atoms with E-state index in [0.717, 1.165) is 65.0 Å². The fourth-order valence-electron chi connectivity index (χ4n) is 6.32. The van der Waals surface area contributed by atoms with Crippen LogP contribution < -0.4 is 10.6 Å². The van der Waals surface area contributed by atoms with Crippen molar-refractivity contribution in [1.29, 1.82) is 0 Å². The minimum Gasteiger partial charge on any atom is -0.311 e. The van der Waals surface area contributed by atoms with Crippen LogP contribution in [0.3, 0.4) is 0 Å². The Morgan fingerprint density at radius 1 is 1.02 bits per heavy atom. The first-order chi connectivity index (χ1) is 19.8. The van der Waals surface area contributed by atoms with E-state index in [1.54, 1.807) is 0 Å². The molecule has 3 nitrogen and oxygen atoms in total. The van der Waals surface area contributed by atoms with Gasteiger partial charge in [0.2, 0.25) is 0 Å². The van der Waals surface area contributed by atoms with E-state index in [2.05, 4.69) is 114 Å². The average molecular weight is 556 g/mol. The summed E-state index contributed by atoms with van der Waals surface area (Å²) < 4.78 is 0. The number of hydrogen-bond acceptors (Lipinski definition) is 3. The molecule has 0 aromatic heterocycles. The highest BCUT2D eigenvalue weighted by Gasteiger charge is 2.17. The number of nitrogens with zero attached hydrogens (tertiary/aromatic N) is 1. The number of benzene rings is 2. The minimum absolute atomic E-state index is 0.453. The lowest BCUT2D eigenvalue weighted by Gasteiger charge is -2.26. The number of allylic oxidation sites excluding steroid dienone is 5. The van der Waals surface area contributed by atoms with Crippen LogP contribution in [0.25, 0.3) is 5.57 Å². The standard InChI is InChI=1S/C38H57N3/c1-10-20-41(21-19-39-25-31-15-16-34-17-18-40-30(9)37(34)22-31)26-38-32(12-3)23-35(24-33(38)13-4)36(14-5)29(8)28(7)27(6)11-2/h14-16,22-24,30,39-40H,6,10-13,17-21,25-26H2,1-5,7-9H3/b29-28-,36-14+. The van der Waals surface area contributed by atoms with E-state index in [0.29, 0.717) is 6.04 Å². The molecular weight excluding hydrogens is 498 g/mol. The fraction of sp³-hybridized carbons (Fsp3) is 0.526. The summed E-state index contributed by atoms with van der Waals surface area (Å²) >= 11 is 0. The van der Waals surface area contributed by atoms with Crippen molar-refractivity contribution in [3.05, 3.63) is 98.7 Å². The number of rotatable bonds is 15. The normalized spacial score (nSPS) is 16.1. The number of fused-ring (bicyclic) bond motifs is 1. The van der Waals surface area contributed by atoms with Crippen LogP contribution >= 0.6 is 0 Å². The van der Waals surface area contributed by atoms with Crippen LogP contribution in [0.4, 0.5) is 0 Å². The van der Waals surface area contributed by atoms with Crippen molar-refractivity contribution < 1.29 is 0 Å². The minimum atomic E-state index is 0.453. The van der Waals surface area contributed by atoms with E-state index in [1.165, 1.54) is 67.7 Å². The molecule has 1 unspecified atom stereocenters. The molecule has 2 aromatic carbocycles. The summed E-state index contributed by atoms with van der Waals surface area (Å²) in [7, 11) is 0. The fourth-order valence-corrected chi connectivity index (χ4v) is 6.32. The molecule has 41 heavy (non-hydrogen) atoms. The van der Waals surface area contributed by atoms with E-state index in [1.807, 2.05) is 0 Å². The Bertz CT molecular complexity index is 1210. The smallest absolute Gasteiger partial charge is 0.0294 e. The van der Waals surface area contributed by atoms with Gasteiger partial charge in [0.1, 0.15) is 0 Å². The van der Waals surface area contributed by atoms with Gasteiger partial charge in [-0.25, -0.2) is 0 Å². The van der Waals surface area contributed by atoms with Crippen LogP contribution in [0.15, 0.2) is 59.7 Å². The van der Waals surface area contributed by atoms with Crippen LogP contribution in [0.2, 0.25) is 0 Å². The maximum atomic E-state index is 4.31. The second-order valence-corrected chi connectivity index (χ2v) is 11.8. The van der Waals surface area contributed by atoms with Gasteiger partial charge in [0, 0.05) is 32.2 Å². The second-order valence-electron chi connectivity index (χ2n) is 11.8. The molecule has 0 amide bonds. The number of aryl methyl sites for hydroxylation is 2. The molecule has 224 valence electrons. The first kappa shape index (κ1) is 33.0. The third kappa shape index (κ3) is 8.53. The van der Waals surface area contributed by atoms with Gasteiger partial charge in [-0.05, 0) is 129 Å². The largest absolute Gasteiger partial charge is 0.311 e. The van der Waals surface area contributed by atoms with Crippen LogP contribution in [-0.2, 0) is 32.4 Å². The van der Waals surface area contributed by atoms with E-state index in [-0.39, 0.29) is 0 Å². The van der Waals surface area contributed by atoms with Gasteiger partial charge in [0.25, 0.3) is 0 Å². The van der Waals surface area contributed by atoms with E-state index >= 15 is 0 Å². The van der Waals surface area contributed by atoms with Gasteiger partial charge in [-0.1, -0.05) is 76.3 Å². The molecule has 0 bridgehead atoms. The van der Waals surface area contributed by atoms with E-state index in [9.17, 15) is 0 Å². The van der Waals surface area contributed by atoms with Gasteiger partial charge in [0.15, 0.2) is 0 Å². The molecule has 2 aromatic rings. The lowest BCUT2D eigenvalue weighted by atomic mass is 9.87. The van der Waals surface area contributed by atoms with Crippen molar-refractivity contribution >= 4 is 5.57 Å². The summed E-state index contributed by atoms with van der Waals surface area (Å²) in [4.78, 5) is 2.65. The highest BCUT2D eigenvalue weighted by atomic mass is 15.1. The van der Waals surface area contributed by atoms with Gasteiger partial charge in [-0.2, -0.15) is 0 Å². The van der Waals surface area contributed by atoms with Crippen LogP contribution in [-0.4, -0.2) is 31.1 Å². The summed E-state index contributed by atoms with van der Waals surface area (Å²) in [6.07, 6.45) is 7.70. The Morgan fingerprint density at radius 2 is 1.73 bits per heavy atom. The first-order valence-corrected chi connectivity index (χ1v) is 16.2. The third-order valence-electron chi connectivity index (χ3n) is 9.10. The molecule has 0 aliphatic carbocycles. The Labute approximate surface area is 252 Å². The summed E-state index contributed by atoms with van der Waals surface area (Å²) in [6, 6.07) is 12.4. The topological polar surface area (TPSA) is 27.3 Å². The molecule has 1 heterocycles. The lowest BCUT2D eigenvalue weighted by molar-refractivity contribution is 0.264. The van der Waals surface area contributed by atoms with E-state index < -0.39 is 0 Å². The maximum Gasteiger partial charge on any atom is 0.0294 e. The molecule has 0 radical (unpaired) electrons. The van der Waals surface area contributed by atoms with Crippen LogP contribution in [0.1, 0.15) is 113 Å². The quantitative estimate of drug-likeness (QED) is 0.170. The van der Waals surface area contributed by atoms with Gasteiger partial charge in [0.05, 0.1) is 0 Å². The zero-order valence-electron chi connectivity index (χ0n) is 27.5. The van der Waals surface area contributed by atoms with Crippen molar-refractivity contribution in [2.45, 2.75) is 107 Å². The number of nitrogens with one attached hydrogen (secondary N) is 2. The van der Waals surface area contributed by atoms with Gasteiger partial charge in [-0.3, -0.25) is 4.90 Å². The van der Waals surface area contributed by atoms with Gasteiger partial charge < -0.3 is 10.6 Å². The monoisotopic (exact) mass is 555 g/mol. The van der Waals surface area contributed by atoms with Crippen LogP contribution in [0.5, 0.6) is 0 Å². The van der Waals surface area contributed by atoms with Gasteiger partial charge >= 0.3 is 0 Å². The average Bonchev–Trinajstić information content (AvgIpc) is 2.99. The molecule has 0 saturated carbocycles. The zero-order chi connectivity index (χ0) is 29.9. The van der Waals surface area contributed by atoms with Crippen molar-refractivity contribution in [3.8, 4) is 0 Å². The van der Waals surface area contributed by atoms with Gasteiger partial charge in [-0.15, -0.1) is 0 Å². The molecule has 1 aliphatic rings. The summed E-state index contributed by atoms with van der Waals surface area (Å²) in [6.45, 7) is 28.6. The lowest BCUT2D eigenvalue weighted by Crippen LogP contribution is -2.33. The highest BCUT2D eigenvalue weighted by molar-refractivity contribution is 5.81. The molecule has 0 fully saturated rings. The maximum absolute atomic E-state index is 4.31. The summed E-state index contributed by atoms with van der Waals surface area (Å²) in [5, 5.41) is 7.34. The third-order valence-corrected chi connectivity index (χ3v) is 9.10. The Hall–Kier alpha value is -2.46. The number of hydrogen-bond donors (Lipinski definition) is 2. The Morgan fingerprint density at radius 3 is 2.34 bits per heavy atom. The molecule has 1 aliphatic heterocycles. The highest BCUT2D eigenvalue weighted by Crippen LogP contribution is 2.32. The predicted octanol–water partition coefficient (Wildman–Crippen LogP) is 8.73. The first-order valence-electron chi connectivity index (χ1n) is 16.2. The molecule has 3 rings (SSSR count). The SMILES string of the molecule is C=C(CC)/C(C)=C(C)\C(=C/C)c1cc(CC)c(CN(CCC)CCNCc2ccc3c(c2)C(C)NCC3)c(CC)c1. The predicted molar refractivity (Wildman–Crippen MR) is 180 cm³/mol. The molecule has 2 N–H and O–H groups in total. The summed E-state index contributed by atoms with van der Waals surface area (Å²) in [5.74, 6) is 0. The van der Waals surface area contributed by atoms with Crippen molar-refractivity contribution in [3.63, 3.8) is 0 Å². The summed E-state index contributed by atoms with van der Waals surface area (Å²) in [5.41, 5.74) is 15.5. The van der Waals surface area contributed by atoms with Crippen molar-refractivity contribution in [2.24, 2.45) is 0 Å². The molecule has 1 atom stereocenters. The second kappa shape index (κ2) is 16.2. The molecular formula is C38H57N3. The molecule has 0 saturated heterocycles. The van der Waals surface area contributed by atoms with Crippen molar-refractivity contribution in [2.75, 3.05) is 26.2 Å². The molecule has 0 spiro atoms. The van der Waals surface area contributed by atoms with E-state index in [4.69, 9.17) is 0 Å². The van der Waals surface area contributed by atoms with Crippen LogP contribution in [0, 0.1) is 0 Å². The molecule has 3 heteroatoms. The zero-order valence-corrected chi connectivity index (χ0v) is 27.5. The van der Waals surface area contributed by atoms with Crippen molar-refractivity contribution in [1.82, 2.24) is 15.5 Å².